The number of nitrogens with one attached hydrogen (secondary N) is 1. The van der Waals surface area contributed by atoms with Crippen molar-refractivity contribution in [2.45, 2.75) is 18.9 Å². The van der Waals surface area contributed by atoms with E-state index in [9.17, 15) is 14.4 Å². The Balaban J connectivity index is 1.28. The van der Waals surface area contributed by atoms with Crippen LogP contribution in [-0.2, 0) is 20.8 Å². The van der Waals surface area contributed by atoms with Crippen LogP contribution in [-0.4, -0.2) is 33.6 Å². The van der Waals surface area contributed by atoms with Gasteiger partial charge in [0.1, 0.15) is 6.04 Å². The van der Waals surface area contributed by atoms with Gasteiger partial charge in [-0.3, -0.25) is 19.3 Å². The highest BCUT2D eigenvalue weighted by molar-refractivity contribution is 7.14. The molecule has 1 saturated carbocycles. The monoisotopic (exact) mass is 469 g/mol. The molecule has 34 heavy (non-hydrogen) atoms. The minimum Gasteiger partial charge on any atom is -0.300 e. The van der Waals surface area contributed by atoms with Crippen molar-refractivity contribution >= 4 is 34.2 Å². The number of carbonyl (C=O) groups excluding carboxylic acids is 3. The van der Waals surface area contributed by atoms with E-state index < -0.39 is 6.04 Å². The van der Waals surface area contributed by atoms with E-state index >= 15 is 0 Å². The fourth-order valence-electron chi connectivity index (χ4n) is 5.63. The van der Waals surface area contributed by atoms with Crippen LogP contribution in [0.3, 0.4) is 0 Å². The Hall–Kier alpha value is -3.58. The molecule has 1 aromatic heterocycles. The highest BCUT2D eigenvalue weighted by Crippen LogP contribution is 2.53. The maximum atomic E-state index is 13.5. The molecule has 0 spiro atoms. The Bertz CT molecular complexity index is 1260. The zero-order valence-electron chi connectivity index (χ0n) is 18.3. The molecule has 2 bridgehead atoms. The molecule has 1 saturated heterocycles. The van der Waals surface area contributed by atoms with Crippen molar-refractivity contribution in [1.29, 1.82) is 0 Å². The van der Waals surface area contributed by atoms with E-state index in [2.05, 4.69) is 22.5 Å². The summed E-state index contributed by atoms with van der Waals surface area (Å²) < 4.78 is 0. The summed E-state index contributed by atoms with van der Waals surface area (Å²) in [4.78, 5) is 46.2. The average Bonchev–Trinajstić information content (AvgIpc) is 3.64. The highest BCUT2D eigenvalue weighted by Gasteiger charge is 2.61. The number of thiazole rings is 1. The summed E-state index contributed by atoms with van der Waals surface area (Å²) in [5, 5.41) is 5.21. The summed E-state index contributed by atoms with van der Waals surface area (Å²) in [6, 6.07) is 18.3. The Morgan fingerprint density at radius 3 is 2.24 bits per heavy atom. The van der Waals surface area contributed by atoms with E-state index in [4.69, 9.17) is 0 Å². The predicted octanol–water partition coefficient (Wildman–Crippen LogP) is 4.17. The number of hydrogen-bond acceptors (Lipinski definition) is 5. The molecule has 3 amide bonds. The first-order valence-corrected chi connectivity index (χ1v) is 12.4. The fourth-order valence-corrected chi connectivity index (χ4v) is 6.36. The summed E-state index contributed by atoms with van der Waals surface area (Å²) in [6.45, 7) is 0. The van der Waals surface area contributed by atoms with Crippen molar-refractivity contribution in [3.05, 3.63) is 83.8 Å². The molecule has 6 rings (SSSR count). The molecular weight excluding hydrogens is 446 g/mol. The van der Waals surface area contributed by atoms with Crippen LogP contribution in [0.4, 0.5) is 5.13 Å². The first kappa shape index (κ1) is 21.0. The largest absolute Gasteiger partial charge is 0.300 e. The second-order valence-electron chi connectivity index (χ2n) is 9.15. The third kappa shape index (κ3) is 3.47. The molecule has 2 fully saturated rings. The number of anilines is 1. The van der Waals surface area contributed by atoms with Gasteiger partial charge in [0.25, 0.3) is 0 Å². The van der Waals surface area contributed by atoms with Gasteiger partial charge >= 0.3 is 0 Å². The molecule has 2 aromatic carbocycles. The number of likely N-dealkylation sites (tertiary alicyclic amines) is 1. The van der Waals surface area contributed by atoms with Crippen LogP contribution in [0.25, 0.3) is 11.3 Å². The number of amides is 3. The van der Waals surface area contributed by atoms with Gasteiger partial charge in [0.05, 0.1) is 17.5 Å². The van der Waals surface area contributed by atoms with E-state index in [0.29, 0.717) is 5.13 Å². The van der Waals surface area contributed by atoms with Crippen molar-refractivity contribution in [2.24, 2.45) is 23.7 Å². The number of nitrogens with zero attached hydrogens (tertiary/aromatic N) is 2. The molecule has 1 N–H and O–H groups in total. The first-order valence-electron chi connectivity index (χ1n) is 11.5. The fraction of sp³-hybridized carbons (Fsp3) is 0.259. The van der Waals surface area contributed by atoms with Crippen molar-refractivity contribution in [1.82, 2.24) is 9.88 Å². The lowest BCUT2D eigenvalue weighted by molar-refractivity contribution is -0.147. The van der Waals surface area contributed by atoms with E-state index in [1.165, 1.54) is 16.2 Å². The number of imide groups is 1. The molecule has 7 heteroatoms. The Morgan fingerprint density at radius 2 is 1.59 bits per heavy atom. The normalized spacial score (nSPS) is 25.6. The number of allylic oxidation sites excluding steroid dienone is 2. The maximum Gasteiger partial charge on any atom is 0.249 e. The maximum absolute atomic E-state index is 13.5. The van der Waals surface area contributed by atoms with Crippen molar-refractivity contribution in [3.63, 3.8) is 0 Å². The van der Waals surface area contributed by atoms with Gasteiger partial charge in [-0.05, 0) is 23.8 Å². The molecule has 0 unspecified atom stereocenters. The Morgan fingerprint density at radius 1 is 0.971 bits per heavy atom. The van der Waals surface area contributed by atoms with Gasteiger partial charge in [0.15, 0.2) is 5.13 Å². The van der Waals surface area contributed by atoms with Crippen LogP contribution in [0.5, 0.6) is 0 Å². The number of benzene rings is 2. The van der Waals surface area contributed by atoms with Crippen molar-refractivity contribution in [3.8, 4) is 11.3 Å². The molecular formula is C27H23N3O3S. The molecule has 5 atom stereocenters. The summed E-state index contributed by atoms with van der Waals surface area (Å²) in [6.07, 6.45) is 5.25. The van der Waals surface area contributed by atoms with E-state index in [-0.39, 0.29) is 47.8 Å². The van der Waals surface area contributed by atoms with Gasteiger partial charge in [-0.2, -0.15) is 0 Å². The van der Waals surface area contributed by atoms with Crippen LogP contribution in [0, 0.1) is 23.7 Å². The predicted molar refractivity (Wildman–Crippen MR) is 130 cm³/mol. The SMILES string of the molecule is O=C(Nc1nc(-c2ccccc2)cs1)[C@@H](Cc1ccccc1)N1C(=O)[C@@H]2[C@H](C1=O)[C@H]1C=C[C@H]2C1. The summed E-state index contributed by atoms with van der Waals surface area (Å²) in [5.41, 5.74) is 2.62. The number of carbonyl (C=O) groups is 3. The van der Waals surface area contributed by atoms with Gasteiger partial charge in [-0.1, -0.05) is 72.8 Å². The summed E-state index contributed by atoms with van der Waals surface area (Å²) >= 11 is 1.33. The standard InChI is InChI=1S/C27H23N3O3S/c31-24(29-27-28-20(15-34-27)17-9-5-2-6-10-17)21(13-16-7-3-1-4-8-16)30-25(32)22-18-11-12-19(14-18)23(22)26(30)33/h1-12,15,18-19,21-23H,13-14H2,(H,28,29,31)/t18-,19-,21+,22-,23+/m0/s1. The average molecular weight is 470 g/mol. The molecule has 6 nitrogen and oxygen atoms in total. The Labute approximate surface area is 201 Å². The molecule has 1 aliphatic heterocycles. The second-order valence-corrected chi connectivity index (χ2v) is 10.0. The Kier molecular flexibility index (Phi) is 5.14. The number of fused-ring (bicyclic) bond motifs is 5. The lowest BCUT2D eigenvalue weighted by Crippen LogP contribution is -2.49. The molecule has 2 heterocycles. The summed E-state index contributed by atoms with van der Waals surface area (Å²) in [5.74, 6) is -1.29. The minimum atomic E-state index is -0.920. The van der Waals surface area contributed by atoms with Gasteiger partial charge in [0.2, 0.25) is 17.7 Å². The molecule has 170 valence electrons. The molecule has 3 aliphatic rings. The molecule has 0 radical (unpaired) electrons. The number of hydrogen-bond donors (Lipinski definition) is 1. The lowest BCUT2D eigenvalue weighted by atomic mass is 9.85. The van der Waals surface area contributed by atoms with Crippen LogP contribution < -0.4 is 5.32 Å². The number of rotatable bonds is 6. The molecule has 3 aromatic rings. The van der Waals surface area contributed by atoms with Gasteiger partial charge in [0, 0.05) is 17.4 Å². The zero-order valence-corrected chi connectivity index (χ0v) is 19.2. The van der Waals surface area contributed by atoms with Gasteiger partial charge in [-0.15, -0.1) is 11.3 Å². The minimum absolute atomic E-state index is 0.101. The van der Waals surface area contributed by atoms with E-state index in [1.54, 1.807) is 0 Å². The van der Waals surface area contributed by atoms with Crippen LogP contribution >= 0.6 is 11.3 Å². The van der Waals surface area contributed by atoms with Crippen molar-refractivity contribution in [2.75, 3.05) is 5.32 Å². The third-order valence-corrected chi connectivity index (χ3v) is 7.95. The van der Waals surface area contributed by atoms with Crippen LogP contribution in [0.2, 0.25) is 0 Å². The second kappa shape index (κ2) is 8.33. The smallest absolute Gasteiger partial charge is 0.249 e. The van der Waals surface area contributed by atoms with Crippen LogP contribution in [0.15, 0.2) is 78.2 Å². The molecule has 2 aliphatic carbocycles. The highest BCUT2D eigenvalue weighted by atomic mass is 32.1. The van der Waals surface area contributed by atoms with Crippen LogP contribution in [0.1, 0.15) is 12.0 Å². The quantitative estimate of drug-likeness (QED) is 0.434. The topological polar surface area (TPSA) is 79.4 Å². The zero-order chi connectivity index (χ0) is 23.2. The lowest BCUT2D eigenvalue weighted by Gasteiger charge is -2.26. The van der Waals surface area contributed by atoms with E-state index in [1.807, 2.05) is 66.0 Å². The van der Waals surface area contributed by atoms with Gasteiger partial charge in [-0.25, -0.2) is 4.98 Å². The third-order valence-electron chi connectivity index (χ3n) is 7.19. The van der Waals surface area contributed by atoms with Crippen molar-refractivity contribution < 1.29 is 14.4 Å². The van der Waals surface area contributed by atoms with Gasteiger partial charge < -0.3 is 5.32 Å². The summed E-state index contributed by atoms with van der Waals surface area (Å²) in [7, 11) is 0. The van der Waals surface area contributed by atoms with E-state index in [0.717, 1.165) is 23.2 Å². The first-order chi connectivity index (χ1) is 16.6. The number of aromatic nitrogens is 1.